The van der Waals surface area contributed by atoms with Gasteiger partial charge >= 0.3 is 0 Å². The summed E-state index contributed by atoms with van der Waals surface area (Å²) in [5.74, 6) is 0.226. The Morgan fingerprint density at radius 2 is 1.79 bits per heavy atom. The molecular weight excluding hydrogens is 180 g/mol. The molecule has 3 nitrogen and oxygen atoms in total. The van der Waals surface area contributed by atoms with Crippen LogP contribution < -0.4 is 0 Å². The van der Waals surface area contributed by atoms with Crippen molar-refractivity contribution >= 4 is 0 Å². The summed E-state index contributed by atoms with van der Waals surface area (Å²) in [5.41, 5.74) is 0.993. The highest BCUT2D eigenvalue weighted by atomic mass is 16.5. The number of hydrogen-bond donors (Lipinski definition) is 1. The molecule has 1 aliphatic rings. The molecule has 0 aromatic heterocycles. The van der Waals surface area contributed by atoms with Gasteiger partial charge in [-0.05, 0) is 24.6 Å². The second-order valence-corrected chi connectivity index (χ2v) is 2.84. The summed E-state index contributed by atoms with van der Waals surface area (Å²) in [4.78, 5) is 0. The van der Waals surface area contributed by atoms with Crippen LogP contribution in [0.4, 0.5) is 0 Å². The lowest BCUT2D eigenvalue weighted by Crippen LogP contribution is -2.32. The summed E-state index contributed by atoms with van der Waals surface area (Å²) in [5, 5.41) is 9.46. The second kappa shape index (κ2) is 6.62. The topological polar surface area (TPSA) is 38.7 Å². The van der Waals surface area contributed by atoms with Gasteiger partial charge in [0, 0.05) is 14.2 Å². The van der Waals surface area contributed by atoms with Gasteiger partial charge < -0.3 is 14.6 Å². The molecule has 0 radical (unpaired) electrons. The largest absolute Gasteiger partial charge is 0.509 e. The Morgan fingerprint density at radius 3 is 2.21 bits per heavy atom. The Kier molecular flexibility index (Phi) is 6.25. The van der Waals surface area contributed by atoms with Crippen molar-refractivity contribution in [1.29, 1.82) is 0 Å². The molecule has 82 valence electrons. The summed E-state index contributed by atoms with van der Waals surface area (Å²) < 4.78 is 10.2. The van der Waals surface area contributed by atoms with Crippen LogP contribution in [0.5, 0.6) is 0 Å². The third-order valence-corrected chi connectivity index (χ3v) is 1.92. The number of aliphatic hydroxyl groups is 1. The van der Waals surface area contributed by atoms with Gasteiger partial charge in [0.2, 0.25) is 0 Å². The maximum absolute atomic E-state index is 9.46. The molecule has 2 atom stereocenters. The van der Waals surface area contributed by atoms with Crippen LogP contribution in [-0.2, 0) is 9.47 Å². The number of aliphatic hydroxyl groups excluding tert-OH is 1. The molecular formula is C11H20O3. The Labute approximate surface area is 86.0 Å². The molecule has 3 heteroatoms. The van der Waals surface area contributed by atoms with Crippen molar-refractivity contribution in [2.45, 2.75) is 33.0 Å². The maximum atomic E-state index is 9.46. The molecule has 0 saturated heterocycles. The molecule has 2 unspecified atom stereocenters. The van der Waals surface area contributed by atoms with Gasteiger partial charge in [-0.15, -0.1) is 0 Å². The van der Waals surface area contributed by atoms with Gasteiger partial charge in [0.15, 0.2) is 0 Å². The molecule has 0 aromatic rings. The van der Waals surface area contributed by atoms with Gasteiger partial charge in [0.05, 0.1) is 0 Å². The zero-order valence-electron chi connectivity index (χ0n) is 9.57. The highest BCUT2D eigenvalue weighted by molar-refractivity contribution is 5.28. The minimum absolute atomic E-state index is 0.181. The van der Waals surface area contributed by atoms with Crippen molar-refractivity contribution in [3.8, 4) is 0 Å². The van der Waals surface area contributed by atoms with Crippen LogP contribution in [0.15, 0.2) is 23.5 Å². The fraction of sp³-hybridized carbons (Fsp3) is 0.636. The molecule has 0 saturated carbocycles. The molecule has 0 heterocycles. The lowest BCUT2D eigenvalue weighted by atomic mass is 10.0. The van der Waals surface area contributed by atoms with E-state index in [1.807, 2.05) is 26.8 Å². The predicted octanol–water partition coefficient (Wildman–Crippen LogP) is 2.44. The van der Waals surface area contributed by atoms with Gasteiger partial charge in [-0.25, -0.2) is 0 Å². The molecule has 14 heavy (non-hydrogen) atoms. The van der Waals surface area contributed by atoms with Crippen LogP contribution >= 0.6 is 0 Å². The van der Waals surface area contributed by atoms with Crippen LogP contribution in [0, 0.1) is 0 Å². The number of allylic oxidation sites excluding steroid dienone is 2. The summed E-state index contributed by atoms with van der Waals surface area (Å²) in [7, 11) is 3.15. The van der Waals surface area contributed by atoms with E-state index in [9.17, 15) is 5.11 Å². The van der Waals surface area contributed by atoms with Crippen molar-refractivity contribution in [2.75, 3.05) is 14.2 Å². The smallest absolute Gasteiger partial charge is 0.143 e. The first-order valence-corrected chi connectivity index (χ1v) is 4.83. The quantitative estimate of drug-likeness (QED) is 0.744. The van der Waals surface area contributed by atoms with E-state index in [1.54, 1.807) is 20.3 Å². The molecule has 0 bridgehead atoms. The van der Waals surface area contributed by atoms with Crippen LogP contribution in [0.25, 0.3) is 0 Å². The SMILES string of the molecule is CC.COC1C=C(C)C=C(O)C1OC. The molecule has 0 spiro atoms. The van der Waals surface area contributed by atoms with Crippen molar-refractivity contribution in [2.24, 2.45) is 0 Å². The predicted molar refractivity (Wildman–Crippen MR) is 57.4 cm³/mol. The lowest BCUT2D eigenvalue weighted by molar-refractivity contribution is -0.0131. The third-order valence-electron chi connectivity index (χ3n) is 1.92. The Bertz CT molecular complexity index is 219. The van der Waals surface area contributed by atoms with E-state index in [-0.39, 0.29) is 18.0 Å². The van der Waals surface area contributed by atoms with E-state index in [4.69, 9.17) is 9.47 Å². The number of hydrogen-bond acceptors (Lipinski definition) is 3. The fourth-order valence-corrected chi connectivity index (χ4v) is 1.32. The first-order chi connectivity index (χ1) is 6.69. The monoisotopic (exact) mass is 200 g/mol. The van der Waals surface area contributed by atoms with Crippen LogP contribution in [0.1, 0.15) is 20.8 Å². The number of ether oxygens (including phenoxy) is 2. The van der Waals surface area contributed by atoms with E-state index in [2.05, 4.69) is 0 Å². The molecule has 1 aliphatic carbocycles. The summed E-state index contributed by atoms with van der Waals surface area (Å²) in [6.45, 7) is 5.91. The summed E-state index contributed by atoms with van der Waals surface area (Å²) >= 11 is 0. The van der Waals surface area contributed by atoms with Gasteiger partial charge in [-0.2, -0.15) is 0 Å². The van der Waals surface area contributed by atoms with Crippen molar-refractivity contribution < 1.29 is 14.6 Å². The van der Waals surface area contributed by atoms with Gasteiger partial charge in [0.1, 0.15) is 18.0 Å². The standard InChI is InChI=1S/C9H14O3.C2H6/c1-6-4-7(10)9(12-3)8(5-6)11-2;1-2/h4-5,8-10H,1-3H3;1-2H3. The fourth-order valence-electron chi connectivity index (χ4n) is 1.32. The van der Waals surface area contributed by atoms with Crippen molar-refractivity contribution in [3.05, 3.63) is 23.5 Å². The zero-order chi connectivity index (χ0) is 11.1. The summed E-state index contributed by atoms with van der Waals surface area (Å²) in [6.07, 6.45) is 3.07. The van der Waals surface area contributed by atoms with Crippen LogP contribution in [0.2, 0.25) is 0 Å². The lowest BCUT2D eigenvalue weighted by Gasteiger charge is -2.25. The molecule has 0 aromatic carbocycles. The minimum Gasteiger partial charge on any atom is -0.509 e. The van der Waals surface area contributed by atoms with E-state index in [0.717, 1.165) is 5.57 Å². The average molecular weight is 200 g/mol. The normalized spacial score (nSPS) is 25.8. The molecule has 1 N–H and O–H groups in total. The molecule has 1 rings (SSSR count). The second-order valence-electron chi connectivity index (χ2n) is 2.84. The first-order valence-electron chi connectivity index (χ1n) is 4.83. The molecule has 0 aliphatic heterocycles. The highest BCUT2D eigenvalue weighted by Crippen LogP contribution is 2.20. The van der Waals surface area contributed by atoms with Crippen molar-refractivity contribution in [3.63, 3.8) is 0 Å². The van der Waals surface area contributed by atoms with Crippen LogP contribution in [0.3, 0.4) is 0 Å². The molecule has 0 fully saturated rings. The van der Waals surface area contributed by atoms with Gasteiger partial charge in [-0.3, -0.25) is 0 Å². The Balaban J connectivity index is 0.000000791. The Morgan fingerprint density at radius 1 is 1.21 bits per heavy atom. The Hall–Kier alpha value is -0.800. The number of rotatable bonds is 2. The highest BCUT2D eigenvalue weighted by Gasteiger charge is 2.25. The summed E-state index contributed by atoms with van der Waals surface area (Å²) in [6, 6.07) is 0. The van der Waals surface area contributed by atoms with E-state index in [1.165, 1.54) is 0 Å². The first kappa shape index (κ1) is 13.2. The van der Waals surface area contributed by atoms with E-state index < -0.39 is 0 Å². The number of methoxy groups -OCH3 is 2. The zero-order valence-corrected chi connectivity index (χ0v) is 9.57. The van der Waals surface area contributed by atoms with Gasteiger partial charge in [0.25, 0.3) is 0 Å². The molecule has 0 amide bonds. The third kappa shape index (κ3) is 3.16. The average Bonchev–Trinajstić information content (AvgIpc) is 2.19. The van der Waals surface area contributed by atoms with E-state index in [0.29, 0.717) is 0 Å². The van der Waals surface area contributed by atoms with E-state index >= 15 is 0 Å². The maximum Gasteiger partial charge on any atom is 0.143 e. The van der Waals surface area contributed by atoms with Crippen molar-refractivity contribution in [1.82, 2.24) is 0 Å². The van der Waals surface area contributed by atoms with Gasteiger partial charge in [-0.1, -0.05) is 13.8 Å². The van der Waals surface area contributed by atoms with Crippen LogP contribution in [-0.4, -0.2) is 31.5 Å². The minimum atomic E-state index is -0.362.